The van der Waals surface area contributed by atoms with Gasteiger partial charge in [-0.2, -0.15) is 5.10 Å². The first-order valence-electron chi connectivity index (χ1n) is 8.12. The quantitative estimate of drug-likeness (QED) is 0.573. The first-order valence-corrected chi connectivity index (χ1v) is 9.28. The number of hydrazone groups is 1. The largest absolute Gasteiger partial charge is 0.272 e. The zero-order chi connectivity index (χ0) is 17.2. The number of nitrogens with zero attached hydrogens (tertiary/aromatic N) is 1. The number of nitrogens with one attached hydrogen (secondary N) is 1. The van der Waals surface area contributed by atoms with Crippen LogP contribution in [0.15, 0.2) is 59.7 Å². The zero-order valence-corrected chi connectivity index (χ0v) is 15.1. The molecule has 1 amide bonds. The average Bonchev–Trinajstić information content (AvgIpc) is 2.61. The Morgan fingerprint density at radius 1 is 1.04 bits per heavy atom. The topological polar surface area (TPSA) is 41.5 Å². The third kappa shape index (κ3) is 7.01. The molecular formula is C20H24N2OS. The maximum absolute atomic E-state index is 11.8. The summed E-state index contributed by atoms with van der Waals surface area (Å²) in [7, 11) is 0. The van der Waals surface area contributed by atoms with Gasteiger partial charge in [0.15, 0.2) is 0 Å². The number of benzene rings is 2. The Morgan fingerprint density at radius 2 is 1.75 bits per heavy atom. The zero-order valence-electron chi connectivity index (χ0n) is 14.3. The van der Waals surface area contributed by atoms with Crippen LogP contribution in [-0.4, -0.2) is 17.4 Å². The van der Waals surface area contributed by atoms with E-state index in [0.29, 0.717) is 5.75 Å². The third-order valence-electron chi connectivity index (χ3n) is 3.61. The molecule has 0 aliphatic rings. The highest BCUT2D eigenvalue weighted by atomic mass is 32.2. The van der Waals surface area contributed by atoms with Gasteiger partial charge >= 0.3 is 0 Å². The van der Waals surface area contributed by atoms with Crippen LogP contribution in [0.25, 0.3) is 0 Å². The highest BCUT2D eigenvalue weighted by Gasteiger charge is 2.02. The SMILES string of the molecule is CC(CCc1ccccc1)=NNC(=O)CSCc1ccc(C)cc1. The molecule has 0 aliphatic heterocycles. The van der Waals surface area contributed by atoms with Crippen molar-refractivity contribution in [1.82, 2.24) is 5.43 Å². The van der Waals surface area contributed by atoms with Crippen LogP contribution in [0.5, 0.6) is 0 Å². The van der Waals surface area contributed by atoms with Gasteiger partial charge in [0, 0.05) is 11.5 Å². The first kappa shape index (κ1) is 18.3. The lowest BCUT2D eigenvalue weighted by atomic mass is 10.1. The predicted octanol–water partition coefficient (Wildman–Crippen LogP) is 4.35. The van der Waals surface area contributed by atoms with Gasteiger partial charge < -0.3 is 0 Å². The number of carbonyl (C=O) groups is 1. The third-order valence-corrected chi connectivity index (χ3v) is 4.62. The number of thioether (sulfide) groups is 1. The fourth-order valence-corrected chi connectivity index (χ4v) is 2.94. The predicted molar refractivity (Wildman–Crippen MR) is 103 cm³/mol. The van der Waals surface area contributed by atoms with Crippen LogP contribution in [0.2, 0.25) is 0 Å². The minimum atomic E-state index is -0.0498. The van der Waals surface area contributed by atoms with Gasteiger partial charge in [-0.1, -0.05) is 60.2 Å². The molecule has 0 atom stereocenters. The Balaban J connectivity index is 1.65. The van der Waals surface area contributed by atoms with E-state index in [4.69, 9.17) is 0 Å². The van der Waals surface area contributed by atoms with Crippen molar-refractivity contribution >= 4 is 23.4 Å². The van der Waals surface area contributed by atoms with Crippen molar-refractivity contribution in [3.8, 4) is 0 Å². The summed E-state index contributed by atoms with van der Waals surface area (Å²) in [5, 5.41) is 4.18. The molecule has 0 unspecified atom stereocenters. The molecule has 0 saturated carbocycles. The molecule has 0 aromatic heterocycles. The standard InChI is InChI=1S/C20H24N2OS/c1-16-8-11-19(12-9-16)14-24-15-20(23)22-21-17(2)10-13-18-6-4-3-5-7-18/h3-9,11-12H,10,13-15H2,1-2H3,(H,22,23). The Bertz CT molecular complexity index is 666. The monoisotopic (exact) mass is 340 g/mol. The molecule has 2 aromatic rings. The van der Waals surface area contributed by atoms with E-state index in [1.54, 1.807) is 11.8 Å². The molecule has 24 heavy (non-hydrogen) atoms. The minimum Gasteiger partial charge on any atom is -0.272 e. The van der Waals surface area contributed by atoms with Gasteiger partial charge in [-0.05, 0) is 37.8 Å². The van der Waals surface area contributed by atoms with E-state index in [9.17, 15) is 4.79 Å². The summed E-state index contributed by atoms with van der Waals surface area (Å²) >= 11 is 1.60. The smallest absolute Gasteiger partial charge is 0.250 e. The van der Waals surface area contributed by atoms with E-state index < -0.39 is 0 Å². The van der Waals surface area contributed by atoms with Crippen LogP contribution in [0.3, 0.4) is 0 Å². The lowest BCUT2D eigenvalue weighted by Crippen LogP contribution is -2.21. The second-order valence-electron chi connectivity index (χ2n) is 5.85. The normalized spacial score (nSPS) is 11.3. The van der Waals surface area contributed by atoms with Crippen LogP contribution in [0.1, 0.15) is 30.0 Å². The molecule has 3 nitrogen and oxygen atoms in total. The van der Waals surface area contributed by atoms with Crippen molar-refractivity contribution in [2.75, 3.05) is 5.75 Å². The molecule has 0 bridgehead atoms. The van der Waals surface area contributed by atoms with Gasteiger partial charge in [-0.15, -0.1) is 11.8 Å². The maximum atomic E-state index is 11.8. The molecule has 0 aliphatic carbocycles. The lowest BCUT2D eigenvalue weighted by molar-refractivity contribution is -0.118. The van der Waals surface area contributed by atoms with E-state index in [1.807, 2.05) is 25.1 Å². The van der Waals surface area contributed by atoms with Gasteiger partial charge in [0.2, 0.25) is 5.91 Å². The summed E-state index contributed by atoms with van der Waals surface area (Å²) in [5.74, 6) is 1.21. The van der Waals surface area contributed by atoms with Crippen LogP contribution in [0, 0.1) is 6.92 Å². The molecule has 0 fully saturated rings. The number of carbonyl (C=O) groups excluding carboxylic acids is 1. The number of rotatable bonds is 8. The number of aryl methyl sites for hydroxylation is 2. The summed E-state index contributed by atoms with van der Waals surface area (Å²) in [4.78, 5) is 11.8. The highest BCUT2D eigenvalue weighted by molar-refractivity contribution is 7.99. The van der Waals surface area contributed by atoms with Crippen LogP contribution in [-0.2, 0) is 17.0 Å². The summed E-state index contributed by atoms with van der Waals surface area (Å²) in [6, 6.07) is 18.7. The molecule has 126 valence electrons. The van der Waals surface area contributed by atoms with Gasteiger partial charge in [-0.25, -0.2) is 5.43 Å². The van der Waals surface area contributed by atoms with Gasteiger partial charge in [-0.3, -0.25) is 4.79 Å². The van der Waals surface area contributed by atoms with Crippen molar-refractivity contribution in [3.63, 3.8) is 0 Å². The van der Waals surface area contributed by atoms with Gasteiger partial charge in [0.25, 0.3) is 0 Å². The molecule has 0 saturated heterocycles. The molecule has 0 spiro atoms. The van der Waals surface area contributed by atoms with Crippen molar-refractivity contribution in [2.24, 2.45) is 5.10 Å². The number of amides is 1. The summed E-state index contributed by atoms with van der Waals surface area (Å²) in [6.45, 7) is 4.02. The minimum absolute atomic E-state index is 0.0498. The Kier molecular flexibility index (Phi) is 7.56. The highest BCUT2D eigenvalue weighted by Crippen LogP contribution is 2.12. The Morgan fingerprint density at radius 3 is 2.46 bits per heavy atom. The van der Waals surface area contributed by atoms with E-state index in [1.165, 1.54) is 16.7 Å². The van der Waals surface area contributed by atoms with E-state index in [0.717, 1.165) is 24.3 Å². The molecule has 2 rings (SSSR count). The van der Waals surface area contributed by atoms with E-state index >= 15 is 0 Å². The second-order valence-corrected chi connectivity index (χ2v) is 6.83. The van der Waals surface area contributed by atoms with Crippen molar-refractivity contribution in [1.29, 1.82) is 0 Å². The lowest BCUT2D eigenvalue weighted by Gasteiger charge is -2.04. The fraction of sp³-hybridized carbons (Fsp3) is 0.300. The molecule has 1 N–H and O–H groups in total. The van der Waals surface area contributed by atoms with E-state index in [-0.39, 0.29) is 5.91 Å². The second kappa shape index (κ2) is 9.93. The van der Waals surface area contributed by atoms with Crippen molar-refractivity contribution in [3.05, 3.63) is 71.3 Å². The van der Waals surface area contributed by atoms with Gasteiger partial charge in [0.1, 0.15) is 0 Å². The number of hydrogen-bond acceptors (Lipinski definition) is 3. The molecule has 4 heteroatoms. The average molecular weight is 340 g/mol. The Hall–Kier alpha value is -2.07. The summed E-state index contributed by atoms with van der Waals surface area (Å²) in [6.07, 6.45) is 1.79. The molecule has 0 heterocycles. The molecule has 0 radical (unpaired) electrons. The van der Waals surface area contributed by atoms with Crippen LogP contribution in [0.4, 0.5) is 0 Å². The van der Waals surface area contributed by atoms with Crippen molar-refractivity contribution < 1.29 is 4.79 Å². The first-order chi connectivity index (χ1) is 11.6. The number of hydrogen-bond donors (Lipinski definition) is 1. The molecular weight excluding hydrogens is 316 g/mol. The maximum Gasteiger partial charge on any atom is 0.250 e. The van der Waals surface area contributed by atoms with E-state index in [2.05, 4.69) is 53.8 Å². The van der Waals surface area contributed by atoms with Crippen LogP contribution >= 0.6 is 11.8 Å². The van der Waals surface area contributed by atoms with Crippen LogP contribution < -0.4 is 5.43 Å². The summed E-state index contributed by atoms with van der Waals surface area (Å²) < 4.78 is 0. The van der Waals surface area contributed by atoms with Gasteiger partial charge in [0.05, 0.1) is 5.75 Å². The summed E-state index contributed by atoms with van der Waals surface area (Å²) in [5.41, 5.74) is 7.36. The Labute approximate surface area is 148 Å². The fourth-order valence-electron chi connectivity index (χ4n) is 2.16. The molecule has 2 aromatic carbocycles. The van der Waals surface area contributed by atoms with Crippen molar-refractivity contribution in [2.45, 2.75) is 32.4 Å².